The number of likely N-dealkylation sites (N-methyl/N-ethyl adjacent to an activating group) is 1. The lowest BCUT2D eigenvalue weighted by Gasteiger charge is -2.35. The van der Waals surface area contributed by atoms with E-state index in [1.54, 1.807) is 42.7 Å². The van der Waals surface area contributed by atoms with Crippen LogP contribution in [0.15, 0.2) is 55.0 Å². The van der Waals surface area contributed by atoms with Crippen LogP contribution >= 0.6 is 0 Å². The molecule has 3 heterocycles. The Hall–Kier alpha value is -4.59. The van der Waals surface area contributed by atoms with Gasteiger partial charge >= 0.3 is 6.09 Å². The molecule has 0 spiro atoms. The maximum Gasteiger partial charge on any atom is 0.410 e. The van der Waals surface area contributed by atoms with Gasteiger partial charge in [0.25, 0.3) is 0 Å². The van der Waals surface area contributed by atoms with Crippen LogP contribution in [0.2, 0.25) is 0 Å². The van der Waals surface area contributed by atoms with E-state index in [0.717, 1.165) is 24.3 Å². The second-order valence-corrected chi connectivity index (χ2v) is 12.9. The Bertz CT molecular complexity index is 1760. The maximum atomic E-state index is 14.4. The summed E-state index contributed by atoms with van der Waals surface area (Å²) in [5.74, 6) is 0.251. The summed E-state index contributed by atoms with van der Waals surface area (Å²) in [6, 6.07) is 10.3. The van der Waals surface area contributed by atoms with Crippen molar-refractivity contribution in [3.63, 3.8) is 0 Å². The Morgan fingerprint density at radius 1 is 1.17 bits per heavy atom. The van der Waals surface area contributed by atoms with E-state index in [2.05, 4.69) is 25.5 Å². The van der Waals surface area contributed by atoms with E-state index < -0.39 is 11.4 Å². The van der Waals surface area contributed by atoms with Crippen molar-refractivity contribution >= 4 is 29.0 Å². The first kappa shape index (κ1) is 34.7. The topological polar surface area (TPSA) is 123 Å². The lowest BCUT2D eigenvalue weighted by molar-refractivity contribution is -0.0439. The van der Waals surface area contributed by atoms with E-state index >= 15 is 0 Å². The number of nitrogens with one attached hydrogen (secondary N) is 2. The molecule has 2 aromatic carbocycles. The number of aryl methyl sites for hydroxylation is 1. The van der Waals surface area contributed by atoms with Crippen LogP contribution in [0.3, 0.4) is 0 Å². The van der Waals surface area contributed by atoms with Gasteiger partial charge in [0.05, 0.1) is 44.8 Å². The quantitative estimate of drug-likeness (QED) is 0.160. The number of imidazole rings is 1. The number of Topliss-reactive ketones (excluding diaryl/α,β-unsaturated/α-hetero) is 1. The number of benzene rings is 2. The average Bonchev–Trinajstić information content (AvgIpc) is 3.48. The summed E-state index contributed by atoms with van der Waals surface area (Å²) in [6.07, 6.45) is 4.62. The van der Waals surface area contributed by atoms with E-state index in [1.165, 1.54) is 13.2 Å². The minimum Gasteiger partial charge on any atom is -0.494 e. The Labute approximate surface area is 280 Å². The molecule has 1 saturated heterocycles. The van der Waals surface area contributed by atoms with Gasteiger partial charge in [-0.3, -0.25) is 14.1 Å². The number of ketones is 1. The van der Waals surface area contributed by atoms with Crippen LogP contribution in [-0.2, 0) is 9.47 Å². The molecule has 1 amide bonds. The fraction of sp³-hybridized carbons (Fsp3) is 0.429. The zero-order valence-corrected chi connectivity index (χ0v) is 28.4. The van der Waals surface area contributed by atoms with E-state index in [9.17, 15) is 14.0 Å². The number of amides is 1. The van der Waals surface area contributed by atoms with Crippen LogP contribution in [0.5, 0.6) is 5.75 Å². The van der Waals surface area contributed by atoms with Crippen LogP contribution in [0, 0.1) is 12.7 Å². The highest BCUT2D eigenvalue weighted by molar-refractivity contribution is 5.99. The minimum atomic E-state index is -0.548. The first-order valence-corrected chi connectivity index (χ1v) is 16.0. The molecule has 4 aromatic rings. The van der Waals surface area contributed by atoms with E-state index in [1.807, 2.05) is 50.3 Å². The first-order chi connectivity index (χ1) is 22.9. The number of anilines is 2. The third-order valence-electron chi connectivity index (χ3n) is 7.96. The second-order valence-electron chi connectivity index (χ2n) is 12.9. The first-order valence-electron chi connectivity index (χ1n) is 16.0. The number of halogens is 1. The molecule has 5 rings (SSSR count). The third-order valence-corrected chi connectivity index (χ3v) is 7.96. The van der Waals surface area contributed by atoms with Gasteiger partial charge in [0.15, 0.2) is 28.8 Å². The van der Waals surface area contributed by atoms with Crippen molar-refractivity contribution in [2.45, 2.75) is 39.4 Å². The van der Waals surface area contributed by atoms with Crippen molar-refractivity contribution in [3.05, 3.63) is 71.9 Å². The molecular formula is C35H44FN7O5. The summed E-state index contributed by atoms with van der Waals surface area (Å²) < 4.78 is 32.6. The smallest absolute Gasteiger partial charge is 0.410 e. The van der Waals surface area contributed by atoms with E-state index in [4.69, 9.17) is 14.2 Å². The zero-order chi connectivity index (χ0) is 34.4. The normalized spacial score (nSPS) is 15.4. The fourth-order valence-electron chi connectivity index (χ4n) is 5.59. The number of fused-ring (bicyclic) bond motifs is 1. The highest BCUT2D eigenvalue weighted by Crippen LogP contribution is 2.29. The molecular weight excluding hydrogens is 617 g/mol. The number of carbonyl (C=O) groups excluding carboxylic acids is 2. The molecule has 48 heavy (non-hydrogen) atoms. The summed E-state index contributed by atoms with van der Waals surface area (Å²) in [6.45, 7) is 11.6. The highest BCUT2D eigenvalue weighted by Gasteiger charge is 2.26. The van der Waals surface area contributed by atoms with Gasteiger partial charge in [-0.25, -0.2) is 19.2 Å². The Morgan fingerprint density at radius 3 is 2.71 bits per heavy atom. The van der Waals surface area contributed by atoms with Gasteiger partial charge in [0.1, 0.15) is 5.60 Å². The van der Waals surface area contributed by atoms with Gasteiger partial charge < -0.3 is 29.7 Å². The summed E-state index contributed by atoms with van der Waals surface area (Å²) in [7, 11) is 3.15. The van der Waals surface area contributed by atoms with Crippen molar-refractivity contribution in [1.29, 1.82) is 0 Å². The number of methoxy groups -OCH3 is 1. The number of morpholine rings is 1. The third kappa shape index (κ3) is 8.65. The molecule has 0 saturated carbocycles. The predicted molar refractivity (Wildman–Crippen MR) is 182 cm³/mol. The molecule has 1 atom stereocenters. The van der Waals surface area contributed by atoms with Gasteiger partial charge in [0, 0.05) is 62.4 Å². The summed E-state index contributed by atoms with van der Waals surface area (Å²) in [5.41, 5.74) is 3.63. The van der Waals surface area contributed by atoms with Crippen LogP contribution in [-0.4, -0.2) is 108 Å². The summed E-state index contributed by atoms with van der Waals surface area (Å²) in [4.78, 5) is 38.2. The molecule has 0 radical (unpaired) electrons. The molecule has 13 heteroatoms. The largest absolute Gasteiger partial charge is 0.494 e. The van der Waals surface area contributed by atoms with Crippen molar-refractivity contribution < 1.29 is 28.2 Å². The maximum absolute atomic E-state index is 14.4. The van der Waals surface area contributed by atoms with E-state index in [0.29, 0.717) is 54.5 Å². The lowest BCUT2D eigenvalue weighted by Crippen LogP contribution is -2.50. The number of carbonyl (C=O) groups is 2. The zero-order valence-electron chi connectivity index (χ0n) is 28.4. The van der Waals surface area contributed by atoms with Gasteiger partial charge in [-0.1, -0.05) is 0 Å². The van der Waals surface area contributed by atoms with Gasteiger partial charge in [-0.05, 0) is 69.7 Å². The van der Waals surface area contributed by atoms with Gasteiger partial charge in [-0.2, -0.15) is 0 Å². The van der Waals surface area contributed by atoms with Crippen LogP contribution in [0.1, 0.15) is 36.7 Å². The number of rotatable bonds is 12. The Kier molecular flexibility index (Phi) is 10.9. The van der Waals surface area contributed by atoms with Crippen molar-refractivity contribution in [2.75, 3.05) is 65.3 Å². The molecule has 12 nitrogen and oxygen atoms in total. The molecule has 1 unspecified atom stereocenters. The Morgan fingerprint density at radius 2 is 1.98 bits per heavy atom. The molecule has 2 aromatic heterocycles. The number of aromatic nitrogens is 3. The standard InChI is InChI=1S/C35H44FN7O5/c1-23-17-25(40-32-33-39-19-29(43(33)14-12-38-32)24-7-10-31(46-6)28(36)18-24)8-9-27(23)30(44)20-37-11-13-42-15-16-47-26(22-42)21-41(5)34(45)48-35(2,3)4/h7-10,12,14,17-19,26,37H,11,13,15-16,20-22H2,1-6H3,(H,38,40). The number of ether oxygens (including phenoxy) is 3. The monoisotopic (exact) mass is 661 g/mol. The average molecular weight is 662 g/mol. The number of hydrogen-bond acceptors (Lipinski definition) is 10. The lowest BCUT2D eigenvalue weighted by atomic mass is 10.0. The van der Waals surface area contributed by atoms with Crippen molar-refractivity contribution in [3.8, 4) is 17.0 Å². The molecule has 0 bridgehead atoms. The summed E-state index contributed by atoms with van der Waals surface area (Å²) >= 11 is 0. The molecule has 256 valence electrons. The Balaban J connectivity index is 1.12. The fourth-order valence-corrected chi connectivity index (χ4v) is 5.59. The molecule has 1 fully saturated rings. The van der Waals surface area contributed by atoms with E-state index in [-0.39, 0.29) is 30.3 Å². The SMILES string of the molecule is COc1ccc(-c2cnc3c(Nc4ccc(C(=O)CNCCN5CCOC(CN(C)C(=O)OC(C)(C)C)C5)c(C)c4)nccn23)cc1F. The van der Waals surface area contributed by atoms with Crippen molar-refractivity contribution in [1.82, 2.24) is 29.5 Å². The minimum absolute atomic E-state index is 0.00254. The highest BCUT2D eigenvalue weighted by atomic mass is 19.1. The van der Waals surface area contributed by atoms with Gasteiger partial charge in [0.2, 0.25) is 0 Å². The molecule has 0 aliphatic carbocycles. The second kappa shape index (κ2) is 15.1. The number of hydrogen-bond donors (Lipinski definition) is 2. The van der Waals surface area contributed by atoms with Crippen LogP contribution in [0.4, 0.5) is 20.7 Å². The van der Waals surface area contributed by atoms with Gasteiger partial charge in [-0.15, -0.1) is 0 Å². The van der Waals surface area contributed by atoms with Crippen LogP contribution < -0.4 is 15.4 Å². The van der Waals surface area contributed by atoms with Crippen LogP contribution in [0.25, 0.3) is 16.9 Å². The molecule has 2 N–H and O–H groups in total. The van der Waals surface area contributed by atoms with Crippen molar-refractivity contribution in [2.24, 2.45) is 0 Å². The molecule has 1 aliphatic rings. The number of nitrogens with zero attached hydrogens (tertiary/aromatic N) is 5. The predicted octanol–water partition coefficient (Wildman–Crippen LogP) is 4.94. The molecule has 1 aliphatic heterocycles. The summed E-state index contributed by atoms with van der Waals surface area (Å²) in [5, 5.41) is 6.58.